The van der Waals surface area contributed by atoms with Crippen molar-refractivity contribution < 1.29 is 9.53 Å². The number of halogens is 1. The zero-order chi connectivity index (χ0) is 15.2. The fraction of sp³-hybridized carbons (Fsp3) is 0.154. The number of nitrogens with zero attached hydrogens (tertiary/aromatic N) is 2. The minimum Gasteiger partial charge on any atom is -0.496 e. The Morgan fingerprint density at radius 2 is 2.14 bits per heavy atom. The largest absolute Gasteiger partial charge is 0.496 e. The summed E-state index contributed by atoms with van der Waals surface area (Å²) in [5.41, 5.74) is 3.21. The SMILES string of the molecule is COc1cccc(Cl)c1CNC(=O)c1ccc(NN)nn1. The number of ether oxygens (including phenoxy) is 1. The molecule has 0 spiro atoms. The summed E-state index contributed by atoms with van der Waals surface area (Å²) in [4.78, 5) is 12.0. The van der Waals surface area contributed by atoms with Crippen molar-refractivity contribution in [1.82, 2.24) is 15.5 Å². The Bertz CT molecular complexity index is 633. The molecule has 0 aliphatic rings. The Labute approximate surface area is 126 Å². The van der Waals surface area contributed by atoms with Crippen LogP contribution in [0.1, 0.15) is 16.1 Å². The minimum atomic E-state index is -0.368. The van der Waals surface area contributed by atoms with E-state index in [2.05, 4.69) is 20.9 Å². The number of amides is 1. The quantitative estimate of drug-likeness (QED) is 0.569. The Morgan fingerprint density at radius 1 is 1.33 bits per heavy atom. The van der Waals surface area contributed by atoms with E-state index in [0.717, 1.165) is 0 Å². The third kappa shape index (κ3) is 3.59. The number of aromatic nitrogens is 2. The van der Waals surface area contributed by atoms with Gasteiger partial charge in [-0.25, -0.2) is 5.84 Å². The summed E-state index contributed by atoms with van der Waals surface area (Å²) in [7, 11) is 1.54. The molecule has 8 heteroatoms. The lowest BCUT2D eigenvalue weighted by atomic mass is 10.2. The first-order chi connectivity index (χ1) is 10.2. The average molecular weight is 308 g/mol. The van der Waals surface area contributed by atoms with Crippen molar-refractivity contribution in [1.29, 1.82) is 0 Å². The smallest absolute Gasteiger partial charge is 0.272 e. The topological polar surface area (TPSA) is 102 Å². The predicted octanol–water partition coefficient (Wildman–Crippen LogP) is 1.35. The number of hydrogen-bond donors (Lipinski definition) is 3. The number of nitrogen functional groups attached to an aromatic ring is 1. The fourth-order valence-electron chi connectivity index (χ4n) is 1.69. The van der Waals surface area contributed by atoms with E-state index in [0.29, 0.717) is 22.2 Å². The van der Waals surface area contributed by atoms with Gasteiger partial charge in [0, 0.05) is 17.1 Å². The summed E-state index contributed by atoms with van der Waals surface area (Å²) >= 11 is 6.10. The van der Waals surface area contributed by atoms with E-state index < -0.39 is 0 Å². The molecule has 0 atom stereocenters. The summed E-state index contributed by atoms with van der Waals surface area (Å²) in [6, 6.07) is 8.35. The van der Waals surface area contributed by atoms with E-state index in [9.17, 15) is 4.79 Å². The highest BCUT2D eigenvalue weighted by Crippen LogP contribution is 2.25. The normalized spacial score (nSPS) is 10.0. The van der Waals surface area contributed by atoms with Crippen molar-refractivity contribution in [2.24, 2.45) is 5.84 Å². The summed E-state index contributed by atoms with van der Waals surface area (Å²) in [5.74, 6) is 5.79. The number of rotatable bonds is 5. The second kappa shape index (κ2) is 6.87. The molecule has 1 heterocycles. The van der Waals surface area contributed by atoms with E-state index in [4.69, 9.17) is 22.2 Å². The Balaban J connectivity index is 2.07. The molecule has 0 aliphatic heterocycles. The van der Waals surface area contributed by atoms with Gasteiger partial charge < -0.3 is 15.5 Å². The highest BCUT2D eigenvalue weighted by Gasteiger charge is 2.12. The van der Waals surface area contributed by atoms with Crippen LogP contribution in [0.15, 0.2) is 30.3 Å². The molecule has 0 fully saturated rings. The number of hydrazine groups is 1. The first-order valence-corrected chi connectivity index (χ1v) is 6.43. The second-order valence-electron chi connectivity index (χ2n) is 4.05. The summed E-state index contributed by atoms with van der Waals surface area (Å²) in [5, 5.41) is 10.7. The molecule has 0 saturated carbocycles. The van der Waals surface area contributed by atoms with E-state index in [-0.39, 0.29) is 18.1 Å². The van der Waals surface area contributed by atoms with Gasteiger partial charge in [-0.2, -0.15) is 0 Å². The third-order valence-corrected chi connectivity index (χ3v) is 3.12. The molecule has 7 nitrogen and oxygen atoms in total. The maximum absolute atomic E-state index is 12.0. The predicted molar refractivity (Wildman–Crippen MR) is 79.0 cm³/mol. The van der Waals surface area contributed by atoms with Crippen molar-refractivity contribution in [2.75, 3.05) is 12.5 Å². The van der Waals surface area contributed by atoms with Crippen molar-refractivity contribution in [3.8, 4) is 5.75 Å². The molecule has 0 unspecified atom stereocenters. The molecule has 4 N–H and O–H groups in total. The average Bonchev–Trinajstić information content (AvgIpc) is 2.53. The number of benzene rings is 1. The number of methoxy groups -OCH3 is 1. The van der Waals surface area contributed by atoms with Crippen LogP contribution in [0, 0.1) is 0 Å². The first-order valence-electron chi connectivity index (χ1n) is 6.05. The minimum absolute atomic E-state index is 0.181. The molecule has 0 radical (unpaired) electrons. The molecule has 21 heavy (non-hydrogen) atoms. The molecular formula is C13H14ClN5O2. The highest BCUT2D eigenvalue weighted by molar-refractivity contribution is 6.31. The molecule has 0 saturated heterocycles. The maximum Gasteiger partial charge on any atom is 0.272 e. The molecule has 110 valence electrons. The van der Waals surface area contributed by atoms with Crippen LogP contribution in [0.2, 0.25) is 5.02 Å². The molecule has 2 rings (SSSR count). The van der Waals surface area contributed by atoms with Crippen LogP contribution in [0.25, 0.3) is 0 Å². The lowest BCUT2D eigenvalue weighted by Gasteiger charge is -2.11. The van der Waals surface area contributed by atoms with Gasteiger partial charge in [-0.05, 0) is 24.3 Å². The number of anilines is 1. The molecule has 1 aromatic carbocycles. The van der Waals surface area contributed by atoms with Crippen LogP contribution in [0.4, 0.5) is 5.82 Å². The van der Waals surface area contributed by atoms with Crippen molar-refractivity contribution in [2.45, 2.75) is 6.54 Å². The second-order valence-corrected chi connectivity index (χ2v) is 4.46. The molecule has 0 aliphatic carbocycles. The maximum atomic E-state index is 12.0. The van der Waals surface area contributed by atoms with Crippen LogP contribution in [0.3, 0.4) is 0 Å². The van der Waals surface area contributed by atoms with Gasteiger partial charge in [-0.1, -0.05) is 17.7 Å². The van der Waals surface area contributed by atoms with Gasteiger partial charge in [0.05, 0.1) is 7.11 Å². The van der Waals surface area contributed by atoms with Gasteiger partial charge in [0.1, 0.15) is 5.75 Å². The zero-order valence-corrected chi connectivity index (χ0v) is 12.0. The molecule has 0 bridgehead atoms. The summed E-state index contributed by atoms with van der Waals surface area (Å²) < 4.78 is 5.21. The molecule has 1 amide bonds. The van der Waals surface area contributed by atoms with Gasteiger partial charge in [-0.3, -0.25) is 4.79 Å². The van der Waals surface area contributed by atoms with Crippen LogP contribution in [-0.2, 0) is 6.54 Å². The molecule has 2 aromatic rings. The van der Waals surface area contributed by atoms with E-state index >= 15 is 0 Å². The lowest BCUT2D eigenvalue weighted by molar-refractivity contribution is 0.0944. The molecule has 1 aromatic heterocycles. The number of nitrogens with one attached hydrogen (secondary N) is 2. The number of nitrogens with two attached hydrogens (primary N) is 1. The van der Waals surface area contributed by atoms with Crippen LogP contribution >= 0.6 is 11.6 Å². The van der Waals surface area contributed by atoms with Gasteiger partial charge >= 0.3 is 0 Å². The van der Waals surface area contributed by atoms with Gasteiger partial charge in [0.2, 0.25) is 0 Å². The first kappa shape index (κ1) is 15.0. The van der Waals surface area contributed by atoms with Crippen molar-refractivity contribution in [3.05, 3.63) is 46.6 Å². The van der Waals surface area contributed by atoms with Gasteiger partial charge in [-0.15, -0.1) is 10.2 Å². The van der Waals surface area contributed by atoms with Crippen LogP contribution in [0.5, 0.6) is 5.75 Å². The number of hydrogen-bond acceptors (Lipinski definition) is 6. The van der Waals surface area contributed by atoms with Crippen molar-refractivity contribution >= 4 is 23.3 Å². The van der Waals surface area contributed by atoms with Gasteiger partial charge in [0.25, 0.3) is 5.91 Å². The van der Waals surface area contributed by atoms with Crippen LogP contribution in [-0.4, -0.2) is 23.2 Å². The zero-order valence-electron chi connectivity index (χ0n) is 11.3. The number of carbonyl (C=O) groups is 1. The Morgan fingerprint density at radius 3 is 2.76 bits per heavy atom. The highest BCUT2D eigenvalue weighted by atomic mass is 35.5. The molecular weight excluding hydrogens is 294 g/mol. The van der Waals surface area contributed by atoms with Gasteiger partial charge in [0.15, 0.2) is 11.5 Å². The van der Waals surface area contributed by atoms with Crippen molar-refractivity contribution in [3.63, 3.8) is 0 Å². The Kier molecular flexibility index (Phi) is 4.91. The number of carbonyl (C=O) groups excluding carboxylic acids is 1. The summed E-state index contributed by atoms with van der Waals surface area (Å²) in [6.07, 6.45) is 0. The monoisotopic (exact) mass is 307 g/mol. The van der Waals surface area contributed by atoms with E-state index in [1.165, 1.54) is 6.07 Å². The standard InChI is InChI=1S/C13H14ClN5O2/c1-21-11-4-2-3-9(14)8(11)7-16-13(20)10-5-6-12(17-15)19-18-10/h2-6H,7,15H2,1H3,(H,16,20)(H,17,19). The lowest BCUT2D eigenvalue weighted by Crippen LogP contribution is -2.24. The Hall–Kier alpha value is -2.38. The van der Waals surface area contributed by atoms with E-state index in [1.807, 2.05) is 0 Å². The van der Waals surface area contributed by atoms with Crippen LogP contribution < -0.4 is 21.3 Å². The van der Waals surface area contributed by atoms with E-state index in [1.54, 1.807) is 31.4 Å². The fourth-order valence-corrected chi connectivity index (χ4v) is 1.92. The summed E-state index contributed by atoms with van der Waals surface area (Å²) in [6.45, 7) is 0.222. The third-order valence-electron chi connectivity index (χ3n) is 2.77.